The summed E-state index contributed by atoms with van der Waals surface area (Å²) < 4.78 is 5.21. The van der Waals surface area contributed by atoms with Crippen LogP contribution >= 0.6 is 0 Å². The molecule has 0 aromatic heterocycles. The lowest BCUT2D eigenvalue weighted by Crippen LogP contribution is -2.48. The minimum absolute atomic E-state index is 0.0896. The maximum atomic E-state index is 12.4. The number of nitrogens with zero attached hydrogens (tertiary/aromatic N) is 1. The van der Waals surface area contributed by atoms with Crippen LogP contribution in [0, 0.1) is 5.92 Å². The van der Waals surface area contributed by atoms with Gasteiger partial charge in [-0.25, -0.2) is 0 Å². The van der Waals surface area contributed by atoms with E-state index in [2.05, 4.69) is 12.1 Å². The van der Waals surface area contributed by atoms with E-state index in [0.29, 0.717) is 12.3 Å². The molecule has 1 fully saturated rings. The fourth-order valence-corrected chi connectivity index (χ4v) is 2.96. The molecule has 1 heterocycles. The molecule has 0 bridgehead atoms. The molecule has 0 saturated carbocycles. The zero-order chi connectivity index (χ0) is 15.1. The van der Waals surface area contributed by atoms with Crippen LogP contribution in [0.4, 0.5) is 0 Å². The Morgan fingerprint density at radius 1 is 1.43 bits per heavy atom. The largest absolute Gasteiger partial charge is 0.384 e. The monoisotopic (exact) mass is 290 g/mol. The van der Waals surface area contributed by atoms with E-state index >= 15 is 0 Å². The van der Waals surface area contributed by atoms with Gasteiger partial charge in [-0.15, -0.1) is 0 Å². The number of likely N-dealkylation sites (tertiary alicyclic amines) is 1. The second kappa shape index (κ2) is 8.15. The van der Waals surface area contributed by atoms with E-state index in [9.17, 15) is 4.79 Å². The molecule has 1 saturated heterocycles. The minimum Gasteiger partial charge on any atom is -0.384 e. The highest BCUT2D eigenvalue weighted by Crippen LogP contribution is 2.18. The van der Waals surface area contributed by atoms with Gasteiger partial charge < -0.3 is 15.4 Å². The highest BCUT2D eigenvalue weighted by atomic mass is 16.5. The van der Waals surface area contributed by atoms with Gasteiger partial charge in [0.2, 0.25) is 5.91 Å². The van der Waals surface area contributed by atoms with Gasteiger partial charge in [0.25, 0.3) is 0 Å². The van der Waals surface area contributed by atoms with Gasteiger partial charge in [-0.1, -0.05) is 30.3 Å². The van der Waals surface area contributed by atoms with Crippen LogP contribution in [-0.4, -0.2) is 43.7 Å². The predicted octanol–water partition coefficient (Wildman–Crippen LogP) is 1.83. The Balaban J connectivity index is 1.81. The van der Waals surface area contributed by atoms with Crippen molar-refractivity contribution in [3.05, 3.63) is 35.9 Å². The molecule has 1 aromatic carbocycles. The summed E-state index contributed by atoms with van der Waals surface area (Å²) in [7, 11) is 1.71. The second-order valence-electron chi connectivity index (χ2n) is 5.88. The van der Waals surface area contributed by atoms with Crippen LogP contribution in [0.15, 0.2) is 30.3 Å². The molecule has 1 aromatic rings. The van der Waals surface area contributed by atoms with Gasteiger partial charge in [0.1, 0.15) is 0 Å². The molecule has 1 aliphatic rings. The van der Waals surface area contributed by atoms with Crippen molar-refractivity contribution in [2.24, 2.45) is 11.7 Å². The molecular formula is C17H26N2O2. The van der Waals surface area contributed by atoms with Gasteiger partial charge in [0, 0.05) is 20.2 Å². The third-order valence-corrected chi connectivity index (χ3v) is 4.14. The molecule has 21 heavy (non-hydrogen) atoms. The Hall–Kier alpha value is -1.39. The van der Waals surface area contributed by atoms with Crippen molar-refractivity contribution in [3.8, 4) is 0 Å². The summed E-state index contributed by atoms with van der Waals surface area (Å²) >= 11 is 0. The van der Waals surface area contributed by atoms with E-state index in [4.69, 9.17) is 10.5 Å². The molecule has 0 spiro atoms. The van der Waals surface area contributed by atoms with Crippen molar-refractivity contribution < 1.29 is 9.53 Å². The molecule has 4 nitrogen and oxygen atoms in total. The number of aryl methyl sites for hydroxylation is 1. The quantitative estimate of drug-likeness (QED) is 0.869. The van der Waals surface area contributed by atoms with Crippen molar-refractivity contribution in [1.82, 2.24) is 4.90 Å². The Morgan fingerprint density at radius 3 is 2.90 bits per heavy atom. The number of amides is 1. The standard InChI is InChI=1S/C17H26N2O2/c1-21-13-15-8-5-11-19(12-15)17(20)16(18)10-9-14-6-3-2-4-7-14/h2-4,6-7,15-16H,5,8-13,18H2,1H3/t15?,16-/m0/s1. The van der Waals surface area contributed by atoms with Crippen LogP contribution in [0.3, 0.4) is 0 Å². The van der Waals surface area contributed by atoms with Crippen LogP contribution < -0.4 is 5.73 Å². The van der Waals surface area contributed by atoms with Gasteiger partial charge >= 0.3 is 0 Å². The highest BCUT2D eigenvalue weighted by Gasteiger charge is 2.26. The average Bonchev–Trinajstić information content (AvgIpc) is 2.53. The lowest BCUT2D eigenvalue weighted by atomic mass is 9.97. The number of methoxy groups -OCH3 is 1. The van der Waals surface area contributed by atoms with Crippen molar-refractivity contribution in [3.63, 3.8) is 0 Å². The number of ether oxygens (including phenoxy) is 1. The molecule has 116 valence electrons. The Kier molecular flexibility index (Phi) is 6.21. The average molecular weight is 290 g/mol. The molecule has 4 heteroatoms. The van der Waals surface area contributed by atoms with Gasteiger partial charge in [0.15, 0.2) is 0 Å². The van der Waals surface area contributed by atoms with E-state index < -0.39 is 6.04 Å². The zero-order valence-electron chi connectivity index (χ0n) is 12.8. The summed E-state index contributed by atoms with van der Waals surface area (Å²) in [5.41, 5.74) is 7.33. The third-order valence-electron chi connectivity index (χ3n) is 4.14. The summed E-state index contributed by atoms with van der Waals surface area (Å²) in [5, 5.41) is 0. The van der Waals surface area contributed by atoms with Crippen molar-refractivity contribution in [2.45, 2.75) is 31.7 Å². The van der Waals surface area contributed by atoms with Crippen LogP contribution in [0.2, 0.25) is 0 Å². The van der Waals surface area contributed by atoms with Crippen molar-refractivity contribution in [1.29, 1.82) is 0 Å². The first-order chi connectivity index (χ1) is 10.2. The van der Waals surface area contributed by atoms with E-state index in [1.807, 2.05) is 23.1 Å². The van der Waals surface area contributed by atoms with Gasteiger partial charge in [-0.2, -0.15) is 0 Å². The minimum atomic E-state index is -0.397. The van der Waals surface area contributed by atoms with E-state index in [1.165, 1.54) is 5.56 Å². The second-order valence-corrected chi connectivity index (χ2v) is 5.88. The van der Waals surface area contributed by atoms with Crippen LogP contribution in [0.25, 0.3) is 0 Å². The summed E-state index contributed by atoms with van der Waals surface area (Å²) in [6.45, 7) is 2.34. The van der Waals surface area contributed by atoms with Crippen LogP contribution in [-0.2, 0) is 16.0 Å². The number of benzene rings is 1. The third kappa shape index (κ3) is 4.83. The SMILES string of the molecule is COCC1CCCN(C(=O)[C@@H](N)CCc2ccccc2)C1. The topological polar surface area (TPSA) is 55.6 Å². The first-order valence-corrected chi connectivity index (χ1v) is 7.78. The zero-order valence-corrected chi connectivity index (χ0v) is 12.8. The number of carbonyl (C=O) groups excluding carboxylic acids is 1. The summed E-state index contributed by atoms with van der Waals surface area (Å²) in [4.78, 5) is 14.3. The Morgan fingerprint density at radius 2 is 2.19 bits per heavy atom. The molecule has 1 amide bonds. The maximum Gasteiger partial charge on any atom is 0.239 e. The number of nitrogens with two attached hydrogens (primary N) is 1. The Labute approximate surface area is 127 Å². The number of rotatable bonds is 6. The molecular weight excluding hydrogens is 264 g/mol. The number of hydrogen-bond donors (Lipinski definition) is 1. The first-order valence-electron chi connectivity index (χ1n) is 7.78. The fourth-order valence-electron chi connectivity index (χ4n) is 2.96. The van der Waals surface area contributed by atoms with Crippen molar-refractivity contribution >= 4 is 5.91 Å². The Bertz CT molecular complexity index is 434. The molecule has 0 aliphatic carbocycles. The molecule has 2 atom stereocenters. The maximum absolute atomic E-state index is 12.4. The number of carbonyl (C=O) groups is 1. The summed E-state index contributed by atoms with van der Waals surface area (Å²) in [6.07, 6.45) is 3.74. The van der Waals surface area contributed by atoms with Crippen molar-refractivity contribution in [2.75, 3.05) is 26.8 Å². The number of hydrogen-bond acceptors (Lipinski definition) is 3. The van der Waals surface area contributed by atoms with Crippen LogP contribution in [0.5, 0.6) is 0 Å². The predicted molar refractivity (Wildman–Crippen MR) is 83.9 cm³/mol. The van der Waals surface area contributed by atoms with Crippen LogP contribution in [0.1, 0.15) is 24.8 Å². The van der Waals surface area contributed by atoms with E-state index in [0.717, 1.165) is 39.0 Å². The lowest BCUT2D eigenvalue weighted by Gasteiger charge is -2.34. The normalized spacial score (nSPS) is 20.3. The first kappa shape index (κ1) is 16.0. The highest BCUT2D eigenvalue weighted by molar-refractivity contribution is 5.81. The summed E-state index contributed by atoms with van der Waals surface area (Å²) in [6, 6.07) is 9.79. The van der Waals surface area contributed by atoms with Gasteiger partial charge in [-0.05, 0) is 37.2 Å². The molecule has 2 rings (SSSR count). The molecule has 2 N–H and O–H groups in total. The molecule has 1 aliphatic heterocycles. The van der Waals surface area contributed by atoms with Gasteiger partial charge in [0.05, 0.1) is 12.6 Å². The molecule has 1 unspecified atom stereocenters. The summed E-state index contributed by atoms with van der Waals surface area (Å²) in [5.74, 6) is 0.542. The molecule has 0 radical (unpaired) electrons. The van der Waals surface area contributed by atoms with Gasteiger partial charge in [-0.3, -0.25) is 4.79 Å². The van der Waals surface area contributed by atoms with E-state index in [1.54, 1.807) is 7.11 Å². The lowest BCUT2D eigenvalue weighted by molar-refractivity contribution is -0.134. The fraction of sp³-hybridized carbons (Fsp3) is 0.588. The smallest absolute Gasteiger partial charge is 0.239 e. The van der Waals surface area contributed by atoms with E-state index in [-0.39, 0.29) is 5.91 Å². The number of piperidine rings is 1.